The van der Waals surface area contributed by atoms with Crippen LogP contribution in [0.15, 0.2) is 0 Å². The van der Waals surface area contributed by atoms with Gasteiger partial charge in [-0.3, -0.25) is 0 Å². The van der Waals surface area contributed by atoms with Crippen molar-refractivity contribution in [3.05, 3.63) is 0 Å². The molecule has 0 saturated carbocycles. The summed E-state index contributed by atoms with van der Waals surface area (Å²) in [6.07, 6.45) is 5.32. The van der Waals surface area contributed by atoms with Gasteiger partial charge in [-0.05, 0) is 61.8 Å². The first kappa shape index (κ1) is 15.4. The van der Waals surface area contributed by atoms with Crippen LogP contribution in [0.25, 0.3) is 0 Å². The molecule has 0 bridgehead atoms. The number of hydrogen-bond donors (Lipinski definition) is 1. The van der Waals surface area contributed by atoms with Crippen LogP contribution >= 0.6 is 12.6 Å². The molecule has 1 nitrogen and oxygen atoms in total. The van der Waals surface area contributed by atoms with Crippen molar-refractivity contribution in [3.8, 4) is 0 Å². The molecule has 1 saturated heterocycles. The molecule has 0 aliphatic carbocycles. The molecule has 1 fully saturated rings. The highest BCUT2D eigenvalue weighted by molar-refractivity contribution is 7.80. The lowest BCUT2D eigenvalue weighted by Crippen LogP contribution is -2.43. The van der Waals surface area contributed by atoms with Crippen molar-refractivity contribution in [2.45, 2.75) is 53.4 Å². The van der Waals surface area contributed by atoms with Crippen molar-refractivity contribution < 1.29 is 0 Å². The fourth-order valence-corrected chi connectivity index (χ4v) is 3.55. The molecule has 0 unspecified atom stereocenters. The van der Waals surface area contributed by atoms with Crippen LogP contribution in [0.2, 0.25) is 0 Å². The summed E-state index contributed by atoms with van der Waals surface area (Å²) in [6.45, 7) is 13.2. The van der Waals surface area contributed by atoms with Crippen LogP contribution in [0.1, 0.15) is 53.4 Å². The molecular formula is C15H31NS. The number of piperidine rings is 1. The summed E-state index contributed by atoms with van der Waals surface area (Å²) in [5.74, 6) is 2.86. The van der Waals surface area contributed by atoms with Crippen LogP contribution < -0.4 is 0 Å². The molecule has 0 N–H and O–H groups in total. The van der Waals surface area contributed by atoms with Crippen molar-refractivity contribution in [3.63, 3.8) is 0 Å². The first-order chi connectivity index (χ1) is 8.06. The number of thiol groups is 1. The van der Waals surface area contributed by atoms with Crippen molar-refractivity contribution in [2.24, 2.45) is 17.3 Å². The summed E-state index contributed by atoms with van der Waals surface area (Å²) in [7, 11) is 0. The Labute approximate surface area is 114 Å². The zero-order chi connectivity index (χ0) is 12.9. The smallest absolute Gasteiger partial charge is 0.00456 e. The maximum absolute atomic E-state index is 4.58. The van der Waals surface area contributed by atoms with E-state index in [2.05, 4.69) is 45.2 Å². The van der Waals surface area contributed by atoms with Crippen LogP contribution in [-0.2, 0) is 0 Å². The monoisotopic (exact) mass is 257 g/mol. The molecule has 1 heterocycles. The van der Waals surface area contributed by atoms with Gasteiger partial charge in [-0.1, -0.05) is 27.7 Å². The Morgan fingerprint density at radius 2 is 1.71 bits per heavy atom. The molecule has 0 radical (unpaired) electrons. The van der Waals surface area contributed by atoms with E-state index in [9.17, 15) is 0 Å². The van der Waals surface area contributed by atoms with E-state index in [0.29, 0.717) is 5.41 Å². The second kappa shape index (κ2) is 7.04. The van der Waals surface area contributed by atoms with Gasteiger partial charge in [0.05, 0.1) is 0 Å². The molecule has 0 atom stereocenters. The van der Waals surface area contributed by atoms with E-state index >= 15 is 0 Å². The standard InChI is InChI=1S/C15H31NS/c1-5-15(6-2,12-17)11-16-9-7-14(8-10-16)13(3)4/h13-14,17H,5-12H2,1-4H3. The van der Waals surface area contributed by atoms with E-state index in [-0.39, 0.29) is 0 Å². The molecule has 2 heteroatoms. The van der Waals surface area contributed by atoms with Gasteiger partial charge in [0.2, 0.25) is 0 Å². The maximum Gasteiger partial charge on any atom is 0.00456 e. The lowest BCUT2D eigenvalue weighted by Gasteiger charge is -2.40. The Balaban J connectivity index is 2.44. The van der Waals surface area contributed by atoms with Crippen molar-refractivity contribution in [1.29, 1.82) is 0 Å². The third-order valence-corrected chi connectivity index (χ3v) is 5.64. The largest absolute Gasteiger partial charge is 0.303 e. The number of rotatable bonds is 6. The van der Waals surface area contributed by atoms with E-state index in [1.54, 1.807) is 0 Å². The van der Waals surface area contributed by atoms with Gasteiger partial charge in [0.1, 0.15) is 0 Å². The van der Waals surface area contributed by atoms with Gasteiger partial charge >= 0.3 is 0 Å². The van der Waals surface area contributed by atoms with E-state index < -0.39 is 0 Å². The summed E-state index contributed by atoms with van der Waals surface area (Å²) in [5, 5.41) is 0. The quantitative estimate of drug-likeness (QED) is 0.701. The summed E-state index contributed by atoms with van der Waals surface area (Å²) in [6, 6.07) is 0. The first-order valence-corrected chi connectivity index (χ1v) is 8.03. The van der Waals surface area contributed by atoms with Gasteiger partial charge in [-0.2, -0.15) is 12.6 Å². The highest BCUT2D eigenvalue weighted by atomic mass is 32.1. The Kier molecular flexibility index (Phi) is 6.36. The molecule has 0 aromatic rings. The fourth-order valence-electron chi connectivity index (χ4n) is 3.00. The third-order valence-electron chi connectivity index (χ3n) is 4.97. The van der Waals surface area contributed by atoms with Gasteiger partial charge in [-0.15, -0.1) is 0 Å². The molecule has 102 valence electrons. The normalized spacial score (nSPS) is 20.1. The van der Waals surface area contributed by atoms with Crippen molar-refractivity contribution >= 4 is 12.6 Å². The minimum atomic E-state index is 0.452. The SMILES string of the molecule is CCC(CC)(CS)CN1CCC(C(C)C)CC1. The van der Waals surface area contributed by atoms with Crippen molar-refractivity contribution in [2.75, 3.05) is 25.4 Å². The predicted molar refractivity (Wildman–Crippen MR) is 80.9 cm³/mol. The number of likely N-dealkylation sites (tertiary alicyclic amines) is 1. The zero-order valence-corrected chi connectivity index (χ0v) is 13.1. The summed E-state index contributed by atoms with van der Waals surface area (Å²) in [5.41, 5.74) is 0.452. The number of hydrogen-bond acceptors (Lipinski definition) is 2. The molecule has 0 aromatic heterocycles. The molecule has 1 rings (SSSR count). The molecule has 0 amide bonds. The topological polar surface area (TPSA) is 3.24 Å². The minimum absolute atomic E-state index is 0.452. The van der Waals surface area contributed by atoms with Gasteiger partial charge < -0.3 is 4.90 Å². The minimum Gasteiger partial charge on any atom is -0.303 e. The van der Waals surface area contributed by atoms with Gasteiger partial charge in [0.15, 0.2) is 0 Å². The van der Waals surface area contributed by atoms with Crippen LogP contribution in [0.5, 0.6) is 0 Å². The Bertz CT molecular complexity index is 195. The fraction of sp³-hybridized carbons (Fsp3) is 1.00. The highest BCUT2D eigenvalue weighted by Gasteiger charge is 2.29. The molecule has 0 spiro atoms. The molecule has 1 aliphatic rings. The maximum atomic E-state index is 4.58. The van der Waals surface area contributed by atoms with E-state index in [4.69, 9.17) is 0 Å². The third kappa shape index (κ3) is 4.17. The van der Waals surface area contributed by atoms with Crippen LogP contribution in [0, 0.1) is 17.3 Å². The molecule has 0 aromatic carbocycles. The van der Waals surface area contributed by atoms with Gasteiger partial charge in [0.25, 0.3) is 0 Å². The van der Waals surface area contributed by atoms with E-state index in [0.717, 1.165) is 17.6 Å². The molecule has 1 aliphatic heterocycles. The lowest BCUT2D eigenvalue weighted by molar-refractivity contribution is 0.103. The summed E-state index contributed by atoms with van der Waals surface area (Å²) in [4.78, 5) is 2.68. The highest BCUT2D eigenvalue weighted by Crippen LogP contribution is 2.32. The number of nitrogens with zero attached hydrogens (tertiary/aromatic N) is 1. The molecule has 17 heavy (non-hydrogen) atoms. The predicted octanol–water partition coefficient (Wildman–Crippen LogP) is 4.09. The van der Waals surface area contributed by atoms with Crippen LogP contribution in [0.3, 0.4) is 0 Å². The Morgan fingerprint density at radius 1 is 1.18 bits per heavy atom. The summed E-state index contributed by atoms with van der Waals surface area (Å²) >= 11 is 4.58. The average Bonchev–Trinajstić information content (AvgIpc) is 2.37. The summed E-state index contributed by atoms with van der Waals surface area (Å²) < 4.78 is 0. The Morgan fingerprint density at radius 3 is 2.06 bits per heavy atom. The van der Waals surface area contributed by atoms with Crippen LogP contribution in [-0.4, -0.2) is 30.3 Å². The second-order valence-corrected chi connectivity index (χ2v) is 6.54. The zero-order valence-electron chi connectivity index (χ0n) is 12.2. The van der Waals surface area contributed by atoms with Gasteiger partial charge in [-0.25, -0.2) is 0 Å². The van der Waals surface area contributed by atoms with E-state index in [1.807, 2.05) is 0 Å². The van der Waals surface area contributed by atoms with Crippen molar-refractivity contribution in [1.82, 2.24) is 4.90 Å². The van der Waals surface area contributed by atoms with Crippen LogP contribution in [0.4, 0.5) is 0 Å². The van der Waals surface area contributed by atoms with E-state index in [1.165, 1.54) is 45.3 Å². The Hall–Kier alpha value is 0.310. The lowest BCUT2D eigenvalue weighted by atomic mass is 9.81. The van der Waals surface area contributed by atoms with Gasteiger partial charge in [0, 0.05) is 6.54 Å². The first-order valence-electron chi connectivity index (χ1n) is 7.40. The second-order valence-electron chi connectivity index (χ2n) is 6.22. The molecular weight excluding hydrogens is 226 g/mol. The average molecular weight is 257 g/mol.